The number of aliphatic hydroxyl groups is 1. The summed E-state index contributed by atoms with van der Waals surface area (Å²) in [4.78, 5) is 0. The van der Waals surface area contributed by atoms with Gasteiger partial charge in [0.2, 0.25) is 0 Å². The minimum absolute atomic E-state index is 0.0745. The Morgan fingerprint density at radius 1 is 1.21 bits per heavy atom. The summed E-state index contributed by atoms with van der Waals surface area (Å²) in [6.45, 7) is 4.61. The summed E-state index contributed by atoms with van der Waals surface area (Å²) in [5.74, 6) is 0. The fourth-order valence-electron chi connectivity index (χ4n) is 2.82. The lowest BCUT2D eigenvalue weighted by Gasteiger charge is -2.28. The summed E-state index contributed by atoms with van der Waals surface area (Å²) in [5, 5.41) is 13.2. The van der Waals surface area contributed by atoms with E-state index in [1.54, 1.807) is 0 Å². The van der Waals surface area contributed by atoms with Crippen molar-refractivity contribution in [2.24, 2.45) is 0 Å². The highest BCUT2D eigenvalue weighted by molar-refractivity contribution is 5.01. The number of hydrogen-bond donors (Lipinski definition) is 2. The van der Waals surface area contributed by atoms with Gasteiger partial charge in [-0.2, -0.15) is 0 Å². The molecule has 2 aliphatic rings. The molecule has 112 valence electrons. The highest BCUT2D eigenvalue weighted by Gasteiger charge is 2.42. The minimum atomic E-state index is -0.0745. The maximum Gasteiger partial charge on any atom is 0.0704 e. The van der Waals surface area contributed by atoms with Crippen molar-refractivity contribution in [3.05, 3.63) is 0 Å². The lowest BCUT2D eigenvalue weighted by atomic mass is 9.98. The molecule has 2 atom stereocenters. The van der Waals surface area contributed by atoms with Crippen LogP contribution >= 0.6 is 0 Å². The molecule has 2 N–H and O–H groups in total. The van der Waals surface area contributed by atoms with Crippen molar-refractivity contribution in [3.63, 3.8) is 0 Å². The molecule has 4 nitrogen and oxygen atoms in total. The molecule has 0 amide bonds. The van der Waals surface area contributed by atoms with Crippen molar-refractivity contribution < 1.29 is 14.6 Å². The van der Waals surface area contributed by atoms with Crippen LogP contribution in [0.25, 0.3) is 0 Å². The third kappa shape index (κ3) is 5.03. The monoisotopic (exact) mass is 271 g/mol. The molecule has 4 heteroatoms. The lowest BCUT2D eigenvalue weighted by Crippen LogP contribution is -2.48. The van der Waals surface area contributed by atoms with Crippen molar-refractivity contribution in [2.75, 3.05) is 26.4 Å². The average Bonchev–Trinajstić information content (AvgIpc) is 3.13. The van der Waals surface area contributed by atoms with Gasteiger partial charge in [0.05, 0.1) is 25.9 Å². The summed E-state index contributed by atoms with van der Waals surface area (Å²) >= 11 is 0. The molecule has 0 radical (unpaired) electrons. The topological polar surface area (TPSA) is 50.7 Å². The van der Waals surface area contributed by atoms with Crippen LogP contribution in [0.5, 0.6) is 0 Å². The second kappa shape index (κ2) is 7.58. The fourth-order valence-corrected chi connectivity index (χ4v) is 2.82. The fraction of sp³-hybridized carbons (Fsp3) is 1.00. The first-order valence-corrected chi connectivity index (χ1v) is 7.86. The molecule has 2 aliphatic carbocycles. The molecule has 0 aromatic rings. The molecular formula is C15H29NO3. The molecule has 0 bridgehead atoms. The van der Waals surface area contributed by atoms with E-state index in [0.717, 1.165) is 32.3 Å². The van der Waals surface area contributed by atoms with E-state index in [1.165, 1.54) is 19.3 Å². The smallest absolute Gasteiger partial charge is 0.0704 e. The molecule has 0 heterocycles. The number of aliphatic hydroxyl groups excluding tert-OH is 1. The third-order valence-corrected chi connectivity index (χ3v) is 4.18. The number of hydrogen-bond acceptors (Lipinski definition) is 4. The van der Waals surface area contributed by atoms with Gasteiger partial charge in [-0.05, 0) is 38.5 Å². The summed E-state index contributed by atoms with van der Waals surface area (Å²) in [7, 11) is 0. The quantitative estimate of drug-likeness (QED) is 0.595. The Morgan fingerprint density at radius 2 is 2.05 bits per heavy atom. The van der Waals surface area contributed by atoms with Gasteiger partial charge >= 0.3 is 0 Å². The first kappa shape index (κ1) is 15.2. The van der Waals surface area contributed by atoms with E-state index in [4.69, 9.17) is 9.47 Å². The maximum absolute atomic E-state index is 9.64. The van der Waals surface area contributed by atoms with Crippen molar-refractivity contribution in [1.82, 2.24) is 5.32 Å². The van der Waals surface area contributed by atoms with Crippen LogP contribution in [0.3, 0.4) is 0 Å². The Labute approximate surface area is 116 Å². The van der Waals surface area contributed by atoms with Gasteiger partial charge in [-0.1, -0.05) is 13.3 Å². The SMILES string of the molecule is CCCCOCCOC1CCC(CO)(NC2CC2)C1. The molecule has 0 aliphatic heterocycles. The summed E-state index contributed by atoms with van der Waals surface area (Å²) < 4.78 is 11.4. The van der Waals surface area contributed by atoms with E-state index in [1.807, 2.05) is 0 Å². The molecule has 0 saturated heterocycles. The Morgan fingerprint density at radius 3 is 2.74 bits per heavy atom. The Bertz CT molecular complexity index is 258. The predicted octanol–water partition coefficient (Wildman–Crippen LogP) is 1.86. The van der Waals surface area contributed by atoms with E-state index >= 15 is 0 Å². The molecule has 2 fully saturated rings. The van der Waals surface area contributed by atoms with Crippen LogP contribution < -0.4 is 5.32 Å². The summed E-state index contributed by atoms with van der Waals surface area (Å²) in [6, 6.07) is 0.642. The van der Waals surface area contributed by atoms with Gasteiger partial charge < -0.3 is 19.9 Å². The van der Waals surface area contributed by atoms with Gasteiger partial charge in [-0.25, -0.2) is 0 Å². The van der Waals surface area contributed by atoms with Crippen LogP contribution in [0, 0.1) is 0 Å². The summed E-state index contributed by atoms with van der Waals surface area (Å²) in [6.07, 6.45) is 8.13. The van der Waals surface area contributed by atoms with Gasteiger partial charge in [0.15, 0.2) is 0 Å². The zero-order valence-corrected chi connectivity index (χ0v) is 12.2. The molecule has 19 heavy (non-hydrogen) atoms. The second-order valence-electron chi connectivity index (χ2n) is 6.06. The Balaban J connectivity index is 1.58. The van der Waals surface area contributed by atoms with Crippen molar-refractivity contribution >= 4 is 0 Å². The van der Waals surface area contributed by atoms with Gasteiger partial charge in [0.1, 0.15) is 0 Å². The van der Waals surface area contributed by atoms with Crippen molar-refractivity contribution in [2.45, 2.75) is 69.6 Å². The Hall–Kier alpha value is -0.160. The molecule has 2 saturated carbocycles. The van der Waals surface area contributed by atoms with Crippen LogP contribution in [-0.4, -0.2) is 49.2 Å². The molecule has 0 spiro atoms. The zero-order valence-electron chi connectivity index (χ0n) is 12.2. The number of unbranched alkanes of at least 4 members (excludes halogenated alkanes) is 1. The normalized spacial score (nSPS) is 30.9. The van der Waals surface area contributed by atoms with Crippen LogP contribution in [0.2, 0.25) is 0 Å². The largest absolute Gasteiger partial charge is 0.394 e. The molecule has 0 aromatic heterocycles. The van der Waals surface area contributed by atoms with Gasteiger partial charge in [-0.15, -0.1) is 0 Å². The first-order valence-electron chi connectivity index (χ1n) is 7.86. The van der Waals surface area contributed by atoms with Gasteiger partial charge in [0.25, 0.3) is 0 Å². The van der Waals surface area contributed by atoms with Crippen molar-refractivity contribution in [3.8, 4) is 0 Å². The first-order chi connectivity index (χ1) is 9.28. The lowest BCUT2D eigenvalue weighted by molar-refractivity contribution is 0.00208. The summed E-state index contributed by atoms with van der Waals surface area (Å²) in [5.41, 5.74) is -0.0745. The van der Waals surface area contributed by atoms with E-state index in [-0.39, 0.29) is 18.2 Å². The van der Waals surface area contributed by atoms with E-state index < -0.39 is 0 Å². The van der Waals surface area contributed by atoms with E-state index in [0.29, 0.717) is 19.3 Å². The average molecular weight is 271 g/mol. The number of ether oxygens (including phenoxy) is 2. The van der Waals surface area contributed by atoms with Crippen LogP contribution in [-0.2, 0) is 9.47 Å². The maximum atomic E-state index is 9.64. The van der Waals surface area contributed by atoms with Crippen LogP contribution in [0.15, 0.2) is 0 Å². The van der Waals surface area contributed by atoms with Gasteiger partial charge in [0, 0.05) is 18.2 Å². The van der Waals surface area contributed by atoms with E-state index in [2.05, 4.69) is 12.2 Å². The standard InChI is InChI=1S/C15H29NO3/c1-2-3-8-18-9-10-19-14-6-7-15(11-14,12-17)16-13-4-5-13/h13-14,16-17H,2-12H2,1H3. The van der Waals surface area contributed by atoms with Crippen LogP contribution in [0.1, 0.15) is 51.9 Å². The molecule has 2 rings (SSSR count). The molecule has 0 aromatic carbocycles. The number of nitrogens with one attached hydrogen (secondary N) is 1. The molecule has 2 unspecified atom stereocenters. The number of rotatable bonds is 10. The highest BCUT2D eigenvalue weighted by atomic mass is 16.5. The Kier molecular flexibility index (Phi) is 6.07. The zero-order chi connectivity index (χ0) is 13.6. The van der Waals surface area contributed by atoms with E-state index in [9.17, 15) is 5.11 Å². The minimum Gasteiger partial charge on any atom is -0.394 e. The third-order valence-electron chi connectivity index (χ3n) is 4.18. The molecular weight excluding hydrogens is 242 g/mol. The second-order valence-corrected chi connectivity index (χ2v) is 6.06. The highest BCUT2D eigenvalue weighted by Crippen LogP contribution is 2.35. The van der Waals surface area contributed by atoms with Crippen molar-refractivity contribution in [1.29, 1.82) is 0 Å². The van der Waals surface area contributed by atoms with Gasteiger partial charge in [-0.3, -0.25) is 0 Å². The van der Waals surface area contributed by atoms with Crippen LogP contribution in [0.4, 0.5) is 0 Å². The predicted molar refractivity (Wildman–Crippen MR) is 75.3 cm³/mol.